The van der Waals surface area contributed by atoms with Crippen LogP contribution in [0.1, 0.15) is 45.2 Å². The summed E-state index contributed by atoms with van der Waals surface area (Å²) in [5.41, 5.74) is 1.04. The molecule has 0 saturated heterocycles. The minimum absolute atomic E-state index is 0.209. The van der Waals surface area contributed by atoms with Gasteiger partial charge in [-0.3, -0.25) is 0 Å². The van der Waals surface area contributed by atoms with Crippen molar-refractivity contribution in [3.8, 4) is 5.75 Å². The summed E-state index contributed by atoms with van der Waals surface area (Å²) in [5.74, 6) is 1.15. The van der Waals surface area contributed by atoms with Crippen molar-refractivity contribution in [3.63, 3.8) is 0 Å². The molecule has 0 aliphatic rings. The van der Waals surface area contributed by atoms with Crippen LogP contribution in [0.3, 0.4) is 0 Å². The maximum Gasteiger partial charge on any atom is 0.139 e. The summed E-state index contributed by atoms with van der Waals surface area (Å²) in [6.45, 7) is 6.93. The zero-order valence-corrected chi connectivity index (χ0v) is 13.6. The van der Waals surface area contributed by atoms with Crippen LogP contribution in [0.2, 0.25) is 10.0 Å². The lowest BCUT2D eigenvalue weighted by atomic mass is 9.91. The third-order valence-electron chi connectivity index (χ3n) is 3.31. The lowest BCUT2D eigenvalue weighted by molar-refractivity contribution is 0.339. The van der Waals surface area contributed by atoms with E-state index in [-0.39, 0.29) is 6.04 Å². The van der Waals surface area contributed by atoms with Gasteiger partial charge in [0.15, 0.2) is 0 Å². The van der Waals surface area contributed by atoms with Gasteiger partial charge in [0, 0.05) is 17.1 Å². The number of hydrogen-bond acceptors (Lipinski definition) is 2. The summed E-state index contributed by atoms with van der Waals surface area (Å²) in [6, 6.07) is 3.94. The van der Waals surface area contributed by atoms with E-state index in [0.29, 0.717) is 28.3 Å². The molecule has 1 aromatic carbocycles. The minimum Gasteiger partial charge on any atom is -0.492 e. The molecule has 19 heavy (non-hydrogen) atoms. The van der Waals surface area contributed by atoms with E-state index in [1.165, 1.54) is 0 Å². The Hall–Kier alpha value is -0.440. The topological polar surface area (TPSA) is 21.3 Å². The third kappa shape index (κ3) is 4.27. The van der Waals surface area contributed by atoms with Gasteiger partial charge in [-0.1, -0.05) is 43.5 Å². The Bertz CT molecular complexity index is 409. The van der Waals surface area contributed by atoms with Crippen molar-refractivity contribution in [2.24, 2.45) is 5.92 Å². The Morgan fingerprint density at radius 1 is 1.21 bits per heavy atom. The van der Waals surface area contributed by atoms with E-state index in [0.717, 1.165) is 18.4 Å². The molecule has 1 aromatic rings. The van der Waals surface area contributed by atoms with E-state index in [4.69, 9.17) is 27.9 Å². The second-order valence-corrected chi connectivity index (χ2v) is 5.58. The molecule has 0 aliphatic heterocycles. The molecule has 0 heterocycles. The Morgan fingerprint density at radius 2 is 1.89 bits per heavy atom. The van der Waals surface area contributed by atoms with Crippen LogP contribution < -0.4 is 10.1 Å². The lowest BCUT2D eigenvalue weighted by Gasteiger charge is -2.25. The van der Waals surface area contributed by atoms with Gasteiger partial charge in [0.2, 0.25) is 0 Å². The van der Waals surface area contributed by atoms with E-state index in [2.05, 4.69) is 19.2 Å². The Balaban J connectivity index is 3.07. The average molecular weight is 304 g/mol. The van der Waals surface area contributed by atoms with Crippen LogP contribution in [0, 0.1) is 5.92 Å². The SMILES string of the molecule is CCCC(C)C(NC)c1cc(Cl)c(OCC)cc1Cl. The molecule has 0 amide bonds. The number of rotatable bonds is 7. The molecular formula is C15H23Cl2NO. The number of halogens is 2. The van der Waals surface area contributed by atoms with Crippen LogP contribution in [0.15, 0.2) is 12.1 Å². The molecular weight excluding hydrogens is 281 g/mol. The molecule has 4 heteroatoms. The van der Waals surface area contributed by atoms with Gasteiger partial charge in [0.1, 0.15) is 5.75 Å². The summed E-state index contributed by atoms with van der Waals surface area (Å²) < 4.78 is 5.46. The van der Waals surface area contributed by atoms with E-state index < -0.39 is 0 Å². The van der Waals surface area contributed by atoms with Crippen LogP contribution in [0.4, 0.5) is 0 Å². The molecule has 1 rings (SSSR count). The smallest absolute Gasteiger partial charge is 0.139 e. The van der Waals surface area contributed by atoms with E-state index in [1.54, 1.807) is 0 Å². The molecule has 0 radical (unpaired) electrons. The molecule has 1 N–H and O–H groups in total. The van der Waals surface area contributed by atoms with Crippen LogP contribution in [-0.4, -0.2) is 13.7 Å². The highest BCUT2D eigenvalue weighted by Gasteiger charge is 2.21. The van der Waals surface area contributed by atoms with Crippen molar-refractivity contribution in [3.05, 3.63) is 27.7 Å². The van der Waals surface area contributed by atoms with Gasteiger partial charge in [-0.05, 0) is 37.9 Å². The maximum atomic E-state index is 6.38. The molecule has 0 aliphatic carbocycles. The summed E-state index contributed by atoms with van der Waals surface area (Å²) in [5, 5.41) is 4.66. The average Bonchev–Trinajstić information content (AvgIpc) is 2.36. The minimum atomic E-state index is 0.209. The van der Waals surface area contributed by atoms with Gasteiger partial charge >= 0.3 is 0 Å². The van der Waals surface area contributed by atoms with Gasteiger partial charge in [0.05, 0.1) is 11.6 Å². The normalized spacial score (nSPS) is 14.2. The van der Waals surface area contributed by atoms with Crippen molar-refractivity contribution >= 4 is 23.2 Å². The first-order chi connectivity index (χ1) is 9.04. The predicted octanol–water partition coefficient (Wildman–Crippen LogP) is 5.09. The van der Waals surface area contributed by atoms with Crippen LogP contribution in [-0.2, 0) is 0 Å². The monoisotopic (exact) mass is 303 g/mol. The molecule has 2 atom stereocenters. The van der Waals surface area contributed by atoms with Gasteiger partial charge in [-0.2, -0.15) is 0 Å². The van der Waals surface area contributed by atoms with Crippen molar-refractivity contribution in [2.75, 3.05) is 13.7 Å². The highest BCUT2D eigenvalue weighted by atomic mass is 35.5. The van der Waals surface area contributed by atoms with Gasteiger partial charge < -0.3 is 10.1 Å². The molecule has 0 aromatic heterocycles. The second-order valence-electron chi connectivity index (χ2n) is 4.77. The van der Waals surface area contributed by atoms with Gasteiger partial charge in [-0.25, -0.2) is 0 Å². The van der Waals surface area contributed by atoms with Gasteiger partial charge in [-0.15, -0.1) is 0 Å². The molecule has 2 nitrogen and oxygen atoms in total. The third-order valence-corrected chi connectivity index (χ3v) is 3.93. The number of ether oxygens (including phenoxy) is 1. The molecule has 0 spiro atoms. The van der Waals surface area contributed by atoms with Crippen LogP contribution in [0.5, 0.6) is 5.75 Å². The fourth-order valence-corrected chi connectivity index (χ4v) is 2.91. The highest BCUT2D eigenvalue weighted by Crippen LogP contribution is 2.37. The molecule has 0 bridgehead atoms. The Labute approximate surface area is 126 Å². The van der Waals surface area contributed by atoms with Crippen molar-refractivity contribution < 1.29 is 4.74 Å². The van der Waals surface area contributed by atoms with E-state index in [9.17, 15) is 0 Å². The lowest BCUT2D eigenvalue weighted by Crippen LogP contribution is -2.23. The first kappa shape index (κ1) is 16.6. The fraction of sp³-hybridized carbons (Fsp3) is 0.600. The number of benzene rings is 1. The number of nitrogens with one attached hydrogen (secondary N) is 1. The van der Waals surface area contributed by atoms with E-state index >= 15 is 0 Å². The highest BCUT2D eigenvalue weighted by molar-refractivity contribution is 6.34. The van der Waals surface area contributed by atoms with E-state index in [1.807, 2.05) is 26.1 Å². The zero-order chi connectivity index (χ0) is 14.4. The summed E-state index contributed by atoms with van der Waals surface area (Å²) >= 11 is 12.6. The number of hydrogen-bond donors (Lipinski definition) is 1. The maximum absolute atomic E-state index is 6.38. The van der Waals surface area contributed by atoms with Crippen LogP contribution >= 0.6 is 23.2 Å². The summed E-state index contributed by atoms with van der Waals surface area (Å²) in [7, 11) is 1.96. The predicted molar refractivity (Wildman–Crippen MR) is 83.5 cm³/mol. The van der Waals surface area contributed by atoms with Crippen molar-refractivity contribution in [1.82, 2.24) is 5.32 Å². The van der Waals surface area contributed by atoms with Gasteiger partial charge in [0.25, 0.3) is 0 Å². The molecule has 0 fully saturated rings. The zero-order valence-electron chi connectivity index (χ0n) is 12.1. The first-order valence-corrected chi connectivity index (χ1v) is 7.59. The Kier molecular flexibility index (Phi) is 6.98. The summed E-state index contributed by atoms with van der Waals surface area (Å²) in [6.07, 6.45) is 2.30. The summed E-state index contributed by atoms with van der Waals surface area (Å²) in [4.78, 5) is 0. The quantitative estimate of drug-likeness (QED) is 0.757. The standard InChI is InChI=1S/C15H23Cl2NO/c1-5-7-10(3)15(18-4)11-8-13(17)14(19-6-2)9-12(11)16/h8-10,15,18H,5-7H2,1-4H3. The fourth-order valence-electron chi connectivity index (χ4n) is 2.42. The van der Waals surface area contributed by atoms with Crippen LogP contribution in [0.25, 0.3) is 0 Å². The second kappa shape index (κ2) is 7.98. The molecule has 0 saturated carbocycles. The van der Waals surface area contributed by atoms with Crippen molar-refractivity contribution in [2.45, 2.75) is 39.7 Å². The van der Waals surface area contributed by atoms with Crippen molar-refractivity contribution in [1.29, 1.82) is 0 Å². The Morgan fingerprint density at radius 3 is 2.42 bits per heavy atom. The first-order valence-electron chi connectivity index (χ1n) is 6.84. The molecule has 108 valence electrons. The largest absolute Gasteiger partial charge is 0.492 e. The molecule has 2 unspecified atom stereocenters.